The summed E-state index contributed by atoms with van der Waals surface area (Å²) in [5.74, 6) is 0. The van der Waals surface area contributed by atoms with Gasteiger partial charge in [0, 0.05) is 0 Å². The van der Waals surface area contributed by atoms with Crippen LogP contribution in [0.5, 0.6) is 0 Å². The molecule has 0 fully saturated rings. The Morgan fingerprint density at radius 2 is 2.20 bits per heavy atom. The lowest BCUT2D eigenvalue weighted by atomic mass is 10.5. The molecule has 0 amide bonds. The first-order valence-electron chi connectivity index (χ1n) is 1.33. The van der Waals surface area contributed by atoms with Crippen molar-refractivity contribution in [2.24, 2.45) is 0 Å². The van der Waals surface area contributed by atoms with Gasteiger partial charge in [-0.05, 0) is 6.92 Å². The van der Waals surface area contributed by atoms with Gasteiger partial charge in [-0.3, -0.25) is 0 Å². The largest absolute Gasteiger partial charge is 0.388 e. The fraction of sp³-hybridized carbons (Fsp3) is 0.667. The number of rotatable bonds is 1. The van der Waals surface area contributed by atoms with E-state index in [2.05, 4.69) is 17.6 Å². The molecular formula is C3H5OS. The molecule has 0 heterocycles. The average molecular weight is 89.1 g/mol. The van der Waals surface area contributed by atoms with Crippen LogP contribution in [0.3, 0.4) is 0 Å². The summed E-state index contributed by atoms with van der Waals surface area (Å²) in [6, 6.07) is 0. The van der Waals surface area contributed by atoms with Crippen molar-refractivity contribution in [3.63, 3.8) is 0 Å². The number of thiocarbonyl (C=S) groups is 1. The third-order valence-electron chi connectivity index (χ3n) is 0.171. The van der Waals surface area contributed by atoms with Gasteiger partial charge in [-0.2, -0.15) is 0 Å². The molecule has 0 saturated heterocycles. The molecule has 1 N–H and O–H groups in total. The van der Waals surface area contributed by atoms with Crippen LogP contribution in [0.2, 0.25) is 0 Å². The normalized spacial score (nSPS) is 14.0. The Hall–Kier alpha value is 0.0500. The molecule has 1 unspecified atom stereocenters. The van der Waals surface area contributed by atoms with Gasteiger partial charge >= 0.3 is 0 Å². The summed E-state index contributed by atoms with van der Waals surface area (Å²) in [5.41, 5.74) is 0. The lowest BCUT2D eigenvalue weighted by molar-refractivity contribution is 0.269. The van der Waals surface area contributed by atoms with Crippen molar-refractivity contribution in [3.8, 4) is 0 Å². The predicted molar refractivity (Wildman–Crippen MR) is 24.3 cm³/mol. The van der Waals surface area contributed by atoms with Crippen LogP contribution in [-0.2, 0) is 0 Å². The van der Waals surface area contributed by atoms with Gasteiger partial charge in [0.15, 0.2) is 0 Å². The fourth-order valence-corrected chi connectivity index (χ4v) is 0. The maximum Gasteiger partial charge on any atom is 0.0874 e. The Bertz CT molecular complexity index is 33.9. The second kappa shape index (κ2) is 2.30. The summed E-state index contributed by atoms with van der Waals surface area (Å²) in [7, 11) is 0. The van der Waals surface area contributed by atoms with Gasteiger partial charge in [0.1, 0.15) is 0 Å². The summed E-state index contributed by atoms with van der Waals surface area (Å²) in [4.78, 5) is 0. The van der Waals surface area contributed by atoms with E-state index in [0.29, 0.717) is 0 Å². The molecule has 1 atom stereocenters. The first kappa shape index (κ1) is 5.05. The highest BCUT2D eigenvalue weighted by Gasteiger charge is 1.79. The Morgan fingerprint density at radius 3 is 2.20 bits per heavy atom. The van der Waals surface area contributed by atoms with Crippen LogP contribution in [0.15, 0.2) is 0 Å². The maximum absolute atomic E-state index is 8.15. The van der Waals surface area contributed by atoms with E-state index in [1.807, 2.05) is 0 Å². The average Bonchev–Trinajstić information content (AvgIpc) is 1.38. The minimum atomic E-state index is -0.551. The second-order valence-corrected chi connectivity index (χ2v) is 1.03. The minimum absolute atomic E-state index is 0.551. The van der Waals surface area contributed by atoms with Crippen LogP contribution in [0.1, 0.15) is 6.92 Å². The molecular weight excluding hydrogens is 84.1 g/mol. The zero-order valence-electron chi connectivity index (χ0n) is 2.93. The third-order valence-corrected chi connectivity index (χ3v) is 0.512. The van der Waals surface area contributed by atoms with Gasteiger partial charge in [0.05, 0.1) is 11.5 Å². The zero-order valence-corrected chi connectivity index (χ0v) is 3.75. The number of aliphatic hydroxyl groups is 1. The van der Waals surface area contributed by atoms with E-state index in [1.54, 1.807) is 6.92 Å². The van der Waals surface area contributed by atoms with E-state index in [4.69, 9.17) is 5.11 Å². The first-order valence-corrected chi connectivity index (χ1v) is 1.74. The molecule has 0 aromatic heterocycles. The molecule has 0 bridgehead atoms. The molecule has 0 aromatic rings. The monoisotopic (exact) mass is 89.0 g/mol. The van der Waals surface area contributed by atoms with Crippen LogP contribution in [0, 0.1) is 0 Å². The molecule has 5 heavy (non-hydrogen) atoms. The van der Waals surface area contributed by atoms with Gasteiger partial charge < -0.3 is 5.11 Å². The van der Waals surface area contributed by atoms with E-state index in [9.17, 15) is 0 Å². The van der Waals surface area contributed by atoms with Crippen LogP contribution < -0.4 is 0 Å². The summed E-state index contributed by atoms with van der Waals surface area (Å²) < 4.78 is 0. The molecule has 1 nitrogen and oxygen atoms in total. The van der Waals surface area contributed by atoms with Gasteiger partial charge in [0.25, 0.3) is 0 Å². The summed E-state index contributed by atoms with van der Waals surface area (Å²) in [6.07, 6.45) is -0.551. The van der Waals surface area contributed by atoms with Crippen molar-refractivity contribution in [2.75, 3.05) is 0 Å². The fourth-order valence-electron chi connectivity index (χ4n) is 0. The number of hydrogen-bond acceptors (Lipinski definition) is 2. The molecule has 0 aliphatic rings. The van der Waals surface area contributed by atoms with Crippen molar-refractivity contribution in [2.45, 2.75) is 13.0 Å². The van der Waals surface area contributed by atoms with Crippen molar-refractivity contribution in [1.29, 1.82) is 0 Å². The zero-order chi connectivity index (χ0) is 4.28. The number of aliphatic hydroxyl groups excluding tert-OH is 1. The SMILES string of the molecule is CC(O)[C]=S. The minimum Gasteiger partial charge on any atom is -0.388 e. The lowest BCUT2D eigenvalue weighted by Gasteiger charge is -1.81. The molecule has 0 aliphatic carbocycles. The molecule has 0 saturated carbocycles. The molecule has 2 heteroatoms. The Labute approximate surface area is 36.6 Å². The van der Waals surface area contributed by atoms with Crippen LogP contribution in [0.25, 0.3) is 0 Å². The van der Waals surface area contributed by atoms with E-state index in [0.717, 1.165) is 0 Å². The highest BCUT2D eigenvalue weighted by molar-refractivity contribution is 7.79. The molecule has 0 spiro atoms. The Morgan fingerprint density at radius 1 is 2.00 bits per heavy atom. The smallest absolute Gasteiger partial charge is 0.0874 e. The molecule has 29 valence electrons. The van der Waals surface area contributed by atoms with Crippen molar-refractivity contribution < 1.29 is 5.11 Å². The molecule has 0 rings (SSSR count). The van der Waals surface area contributed by atoms with Gasteiger partial charge in [0.2, 0.25) is 0 Å². The maximum atomic E-state index is 8.15. The van der Waals surface area contributed by atoms with Crippen molar-refractivity contribution in [1.82, 2.24) is 0 Å². The van der Waals surface area contributed by atoms with Gasteiger partial charge in [-0.25, -0.2) is 0 Å². The summed E-state index contributed by atoms with van der Waals surface area (Å²) in [5, 5.41) is 10.3. The molecule has 0 aromatic carbocycles. The quantitative estimate of drug-likeness (QED) is 0.464. The molecule has 1 radical (unpaired) electrons. The third kappa shape index (κ3) is 4.05. The predicted octanol–water partition coefficient (Wildman–Crippen LogP) is 0.244. The van der Waals surface area contributed by atoms with Crippen molar-refractivity contribution >= 4 is 17.6 Å². The van der Waals surface area contributed by atoms with E-state index in [-0.39, 0.29) is 0 Å². The topological polar surface area (TPSA) is 20.2 Å². The second-order valence-electron chi connectivity index (χ2n) is 0.794. The Balaban J connectivity index is 2.83. The van der Waals surface area contributed by atoms with Crippen molar-refractivity contribution in [3.05, 3.63) is 0 Å². The summed E-state index contributed by atoms with van der Waals surface area (Å²) >= 11 is 4.18. The number of hydrogen-bond donors (Lipinski definition) is 1. The van der Waals surface area contributed by atoms with Crippen LogP contribution in [-0.4, -0.2) is 16.6 Å². The van der Waals surface area contributed by atoms with Gasteiger partial charge in [-0.1, -0.05) is 12.2 Å². The van der Waals surface area contributed by atoms with E-state index < -0.39 is 6.10 Å². The van der Waals surface area contributed by atoms with Gasteiger partial charge in [-0.15, -0.1) is 0 Å². The summed E-state index contributed by atoms with van der Waals surface area (Å²) in [6.45, 7) is 1.56. The lowest BCUT2D eigenvalue weighted by Crippen LogP contribution is -1.95. The Kier molecular flexibility index (Phi) is 2.32. The van der Waals surface area contributed by atoms with Crippen LogP contribution >= 0.6 is 12.2 Å². The standard InChI is InChI=1S/C3H5OS/c1-3(4)2-5/h3-4H,1H3. The highest BCUT2D eigenvalue weighted by Crippen LogP contribution is 1.66. The highest BCUT2D eigenvalue weighted by atomic mass is 32.1. The first-order chi connectivity index (χ1) is 2.27. The molecule has 0 aliphatic heterocycles. The van der Waals surface area contributed by atoms with E-state index in [1.165, 1.54) is 0 Å². The van der Waals surface area contributed by atoms with E-state index >= 15 is 0 Å². The van der Waals surface area contributed by atoms with Crippen LogP contribution in [0.4, 0.5) is 0 Å².